The van der Waals surface area contributed by atoms with E-state index >= 15 is 0 Å². The summed E-state index contributed by atoms with van der Waals surface area (Å²) in [7, 11) is 0. The van der Waals surface area contributed by atoms with E-state index in [9.17, 15) is 14.4 Å². The van der Waals surface area contributed by atoms with E-state index in [4.69, 9.17) is 0 Å². The van der Waals surface area contributed by atoms with E-state index < -0.39 is 11.2 Å². The van der Waals surface area contributed by atoms with Crippen molar-refractivity contribution in [3.05, 3.63) is 111 Å². The lowest BCUT2D eigenvalue weighted by molar-refractivity contribution is 0.0746. The van der Waals surface area contributed by atoms with Gasteiger partial charge in [-0.1, -0.05) is 42.5 Å². The third-order valence-corrected chi connectivity index (χ3v) is 6.11. The number of anilines is 1. The highest BCUT2D eigenvalue weighted by Gasteiger charge is 2.22. The molecule has 1 aliphatic rings. The molecule has 0 radical (unpaired) electrons. The zero-order valence-electron chi connectivity index (χ0n) is 18.1. The summed E-state index contributed by atoms with van der Waals surface area (Å²) in [6.07, 6.45) is 0. The van der Waals surface area contributed by atoms with Crippen LogP contribution in [0.25, 0.3) is 10.9 Å². The Balaban J connectivity index is 1.34. The average Bonchev–Trinajstić information content (AvgIpc) is 2.87. The number of benzene rings is 3. The Hall–Kier alpha value is -4.13. The van der Waals surface area contributed by atoms with Crippen LogP contribution >= 0.6 is 0 Å². The van der Waals surface area contributed by atoms with Gasteiger partial charge >= 0.3 is 5.69 Å². The first-order valence-corrected chi connectivity index (χ1v) is 11.0. The normalized spacial score (nSPS) is 13.9. The maximum Gasteiger partial charge on any atom is 0.329 e. The maximum absolute atomic E-state index is 13.2. The molecular formula is C26H24N4O3. The van der Waals surface area contributed by atoms with Gasteiger partial charge in [0, 0.05) is 37.4 Å². The van der Waals surface area contributed by atoms with Gasteiger partial charge in [0.1, 0.15) is 0 Å². The van der Waals surface area contributed by atoms with Crippen LogP contribution < -0.4 is 16.1 Å². The molecule has 0 atom stereocenters. The van der Waals surface area contributed by atoms with Crippen LogP contribution in [-0.2, 0) is 6.54 Å². The molecule has 1 fully saturated rings. The fraction of sp³-hybridized carbons (Fsp3) is 0.192. The Bertz CT molecular complexity index is 1420. The lowest BCUT2D eigenvalue weighted by Crippen LogP contribution is -2.48. The number of H-pyrrole nitrogens is 1. The Kier molecular flexibility index (Phi) is 5.52. The summed E-state index contributed by atoms with van der Waals surface area (Å²) < 4.78 is 1.53. The van der Waals surface area contributed by atoms with Crippen molar-refractivity contribution in [3.8, 4) is 0 Å². The highest BCUT2D eigenvalue weighted by atomic mass is 16.2. The minimum atomic E-state index is -0.465. The molecule has 0 spiro atoms. The van der Waals surface area contributed by atoms with Crippen LogP contribution in [0.15, 0.2) is 88.5 Å². The van der Waals surface area contributed by atoms with Crippen LogP contribution in [0.2, 0.25) is 0 Å². The monoisotopic (exact) mass is 440 g/mol. The van der Waals surface area contributed by atoms with Crippen molar-refractivity contribution in [2.24, 2.45) is 0 Å². The second-order valence-electron chi connectivity index (χ2n) is 8.18. The molecule has 1 aliphatic heterocycles. The number of piperazine rings is 1. The van der Waals surface area contributed by atoms with Crippen molar-refractivity contribution in [3.63, 3.8) is 0 Å². The van der Waals surface area contributed by atoms with Crippen molar-refractivity contribution in [1.82, 2.24) is 14.5 Å². The summed E-state index contributed by atoms with van der Waals surface area (Å²) in [5, 5.41) is 0.459. The van der Waals surface area contributed by atoms with Crippen molar-refractivity contribution in [2.75, 3.05) is 31.1 Å². The number of carbonyl (C=O) groups excluding carboxylic acids is 1. The molecular weight excluding hydrogens is 416 g/mol. The predicted molar refractivity (Wildman–Crippen MR) is 129 cm³/mol. The molecule has 1 amide bonds. The molecule has 1 aromatic heterocycles. The summed E-state index contributed by atoms with van der Waals surface area (Å²) >= 11 is 0. The molecule has 3 aromatic carbocycles. The fourth-order valence-corrected chi connectivity index (χ4v) is 4.37. The quantitative estimate of drug-likeness (QED) is 0.529. The molecule has 5 rings (SSSR count). The van der Waals surface area contributed by atoms with Gasteiger partial charge in [-0.3, -0.25) is 19.1 Å². The number of fused-ring (bicyclic) bond motifs is 1. The highest BCUT2D eigenvalue weighted by molar-refractivity contribution is 5.94. The molecule has 0 unspecified atom stereocenters. The Morgan fingerprint density at radius 1 is 0.818 bits per heavy atom. The third kappa shape index (κ3) is 4.17. The van der Waals surface area contributed by atoms with Crippen molar-refractivity contribution in [2.45, 2.75) is 6.54 Å². The lowest BCUT2D eigenvalue weighted by atomic mass is 10.1. The van der Waals surface area contributed by atoms with Crippen LogP contribution in [-0.4, -0.2) is 46.5 Å². The van der Waals surface area contributed by atoms with Gasteiger partial charge in [0.05, 0.1) is 17.4 Å². The molecule has 0 saturated carbocycles. The summed E-state index contributed by atoms with van der Waals surface area (Å²) in [5.74, 6) is -0.0109. The largest absolute Gasteiger partial charge is 0.368 e. The van der Waals surface area contributed by atoms with Crippen LogP contribution in [0, 0.1) is 0 Å². The first-order valence-electron chi connectivity index (χ1n) is 11.0. The van der Waals surface area contributed by atoms with Crippen LogP contribution in [0.5, 0.6) is 0 Å². The van der Waals surface area contributed by atoms with E-state index in [1.54, 1.807) is 24.3 Å². The number of hydrogen-bond acceptors (Lipinski definition) is 4. The molecule has 0 aliphatic carbocycles. The predicted octanol–water partition coefficient (Wildman–Crippen LogP) is 2.70. The number of carbonyl (C=O) groups is 1. The zero-order valence-corrected chi connectivity index (χ0v) is 18.1. The lowest BCUT2D eigenvalue weighted by Gasteiger charge is -2.36. The second-order valence-corrected chi connectivity index (χ2v) is 8.18. The molecule has 33 heavy (non-hydrogen) atoms. The van der Waals surface area contributed by atoms with Gasteiger partial charge in [0.2, 0.25) is 0 Å². The molecule has 2 heterocycles. The number of hydrogen-bond donors (Lipinski definition) is 1. The Morgan fingerprint density at radius 2 is 1.55 bits per heavy atom. The first kappa shape index (κ1) is 20.8. The first-order chi connectivity index (χ1) is 16.1. The van der Waals surface area contributed by atoms with Gasteiger partial charge < -0.3 is 9.80 Å². The Labute approximate surface area is 190 Å². The molecule has 166 valence electrons. The molecule has 1 N–H and O–H groups in total. The van der Waals surface area contributed by atoms with E-state index in [2.05, 4.69) is 22.0 Å². The van der Waals surface area contributed by atoms with Crippen molar-refractivity contribution >= 4 is 22.5 Å². The van der Waals surface area contributed by atoms with E-state index in [0.717, 1.165) is 18.7 Å². The van der Waals surface area contributed by atoms with Crippen LogP contribution in [0.3, 0.4) is 0 Å². The number of aromatic amines is 1. The van der Waals surface area contributed by atoms with Crippen LogP contribution in [0.4, 0.5) is 5.69 Å². The zero-order chi connectivity index (χ0) is 22.8. The SMILES string of the molecule is O=C(c1cccc(Cn2c(=O)[nH]c(=O)c3ccccc32)c1)N1CCN(c2ccccc2)CC1. The molecule has 7 heteroatoms. The molecule has 4 aromatic rings. The number of amides is 1. The van der Waals surface area contributed by atoms with E-state index in [1.165, 1.54) is 10.3 Å². The number of aromatic nitrogens is 2. The highest BCUT2D eigenvalue weighted by Crippen LogP contribution is 2.18. The summed E-state index contributed by atoms with van der Waals surface area (Å²) in [5.41, 5.74) is 2.30. The number of rotatable bonds is 4. The summed E-state index contributed by atoms with van der Waals surface area (Å²) in [6, 6.07) is 24.6. The molecule has 7 nitrogen and oxygen atoms in total. The van der Waals surface area contributed by atoms with Gasteiger partial charge in [-0.25, -0.2) is 4.79 Å². The second kappa shape index (κ2) is 8.78. The maximum atomic E-state index is 13.2. The minimum absolute atomic E-state index is 0.0109. The standard InChI is InChI=1S/C26H24N4O3/c31-24-22-11-4-5-12-23(22)30(26(33)27-24)18-19-7-6-8-20(17-19)25(32)29-15-13-28(14-16-29)21-9-2-1-3-10-21/h1-12,17H,13-16,18H2,(H,27,31,33). The minimum Gasteiger partial charge on any atom is -0.368 e. The Morgan fingerprint density at radius 3 is 2.33 bits per heavy atom. The van der Waals surface area contributed by atoms with Gasteiger partial charge in [0.25, 0.3) is 11.5 Å². The van der Waals surface area contributed by atoms with E-state index in [1.807, 2.05) is 47.4 Å². The van der Waals surface area contributed by atoms with Gasteiger partial charge in [-0.15, -0.1) is 0 Å². The average molecular weight is 441 g/mol. The van der Waals surface area contributed by atoms with E-state index in [-0.39, 0.29) is 12.5 Å². The van der Waals surface area contributed by atoms with Crippen molar-refractivity contribution < 1.29 is 4.79 Å². The fourth-order valence-electron chi connectivity index (χ4n) is 4.37. The van der Waals surface area contributed by atoms with Crippen molar-refractivity contribution in [1.29, 1.82) is 0 Å². The number of para-hydroxylation sites is 2. The molecule has 1 saturated heterocycles. The number of nitrogens with one attached hydrogen (secondary N) is 1. The van der Waals surface area contributed by atoms with Gasteiger partial charge in [0.15, 0.2) is 0 Å². The third-order valence-electron chi connectivity index (χ3n) is 6.11. The van der Waals surface area contributed by atoms with Gasteiger partial charge in [-0.2, -0.15) is 0 Å². The van der Waals surface area contributed by atoms with Crippen LogP contribution in [0.1, 0.15) is 15.9 Å². The molecule has 0 bridgehead atoms. The topological polar surface area (TPSA) is 78.4 Å². The smallest absolute Gasteiger partial charge is 0.329 e. The number of nitrogens with zero attached hydrogens (tertiary/aromatic N) is 3. The summed E-state index contributed by atoms with van der Waals surface area (Å²) in [4.78, 5) is 44.3. The van der Waals surface area contributed by atoms with E-state index in [0.29, 0.717) is 29.6 Å². The summed E-state index contributed by atoms with van der Waals surface area (Å²) in [6.45, 7) is 3.14. The van der Waals surface area contributed by atoms with Gasteiger partial charge in [-0.05, 0) is 42.0 Å².